The van der Waals surface area contributed by atoms with Gasteiger partial charge < -0.3 is 14.6 Å². The molecule has 0 radical (unpaired) electrons. The lowest BCUT2D eigenvalue weighted by Gasteiger charge is -2.42. The van der Waals surface area contributed by atoms with Crippen molar-refractivity contribution in [2.24, 2.45) is 10.5 Å². The van der Waals surface area contributed by atoms with Gasteiger partial charge in [0.25, 0.3) is 0 Å². The smallest absolute Gasteiger partial charge is 0.312 e. The highest BCUT2D eigenvalue weighted by atomic mass is 32.3. The van der Waals surface area contributed by atoms with Gasteiger partial charge in [-0.3, -0.25) is 13.9 Å². The molecule has 248 valence electrons. The Balaban J connectivity index is 1.35. The average Bonchev–Trinajstić information content (AvgIpc) is 3.45. The van der Waals surface area contributed by atoms with E-state index in [0.29, 0.717) is 28.4 Å². The number of azide groups is 1. The van der Waals surface area contributed by atoms with E-state index in [0.717, 1.165) is 22.3 Å². The molecule has 5 rings (SSSR count). The van der Waals surface area contributed by atoms with Gasteiger partial charge in [-0.2, -0.15) is 4.31 Å². The summed E-state index contributed by atoms with van der Waals surface area (Å²) in [6.07, 6.45) is 0.595. The Labute approximate surface area is 274 Å². The lowest BCUT2D eigenvalue weighted by atomic mass is 9.81. The minimum atomic E-state index is -3.37. The molecular weight excluding hydrogens is 622 g/mol. The zero-order valence-corrected chi connectivity index (χ0v) is 27.5. The second kappa shape index (κ2) is 14.1. The number of aliphatic carboxylic acids is 1. The number of hydrogen-bond donors (Lipinski definition) is 3. The van der Waals surface area contributed by atoms with E-state index < -0.39 is 28.3 Å². The Kier molecular flexibility index (Phi) is 10.2. The van der Waals surface area contributed by atoms with Crippen molar-refractivity contribution in [3.63, 3.8) is 0 Å². The molecule has 0 saturated carbocycles. The van der Waals surface area contributed by atoms with Gasteiger partial charge in [-0.1, -0.05) is 64.9 Å². The first-order chi connectivity index (χ1) is 22.4. The Bertz CT molecular complexity index is 1770. The zero-order chi connectivity index (χ0) is 33.8. The number of aromatic nitrogens is 3. The van der Waals surface area contributed by atoms with Crippen molar-refractivity contribution in [2.75, 3.05) is 6.54 Å². The standard InChI is InChI=1S/C33H39N7O6S/c1-22-9-14-26(15-27(22)19-40-17-23(2)46-29-7-5-6-8-30(29)47(40,43)44)31(33(3,4)32(41)42)45-21-28-20-39(38-36-28)18-25-12-10-24(11-13-25)16-35-37-34/h5-15,20,23,31,43-44H,16-19,21H2,1-4H3,(H,41,42). The zero-order valence-electron chi connectivity index (χ0n) is 26.7. The summed E-state index contributed by atoms with van der Waals surface area (Å²) in [5, 5.41) is 22.2. The van der Waals surface area contributed by atoms with Gasteiger partial charge in [0.2, 0.25) is 0 Å². The van der Waals surface area contributed by atoms with Crippen LogP contribution in [0.1, 0.15) is 60.4 Å². The largest absolute Gasteiger partial charge is 0.487 e. The molecule has 0 aliphatic carbocycles. The van der Waals surface area contributed by atoms with Crippen molar-refractivity contribution < 1.29 is 28.5 Å². The number of aryl methyl sites for hydroxylation is 1. The molecule has 1 aromatic heterocycles. The van der Waals surface area contributed by atoms with Crippen molar-refractivity contribution in [1.82, 2.24) is 19.3 Å². The summed E-state index contributed by atoms with van der Waals surface area (Å²) in [5.74, 6) is -0.580. The van der Waals surface area contributed by atoms with Crippen LogP contribution in [-0.2, 0) is 35.8 Å². The summed E-state index contributed by atoms with van der Waals surface area (Å²) < 4.78 is 38.4. The number of hydrogen-bond acceptors (Lipinski definition) is 9. The summed E-state index contributed by atoms with van der Waals surface area (Å²) in [6.45, 7) is 8.28. The molecule has 13 nitrogen and oxygen atoms in total. The lowest BCUT2D eigenvalue weighted by molar-refractivity contribution is -0.158. The summed E-state index contributed by atoms with van der Waals surface area (Å²) >= 11 is 0. The number of fused-ring (bicyclic) bond motifs is 1. The molecule has 0 saturated heterocycles. The highest BCUT2D eigenvalue weighted by Gasteiger charge is 2.40. The van der Waals surface area contributed by atoms with Gasteiger partial charge >= 0.3 is 5.97 Å². The third-order valence-corrected chi connectivity index (χ3v) is 10.1. The van der Waals surface area contributed by atoms with Crippen LogP contribution in [0.2, 0.25) is 0 Å². The van der Waals surface area contributed by atoms with Crippen molar-refractivity contribution in [2.45, 2.75) is 71.0 Å². The van der Waals surface area contributed by atoms with Crippen LogP contribution in [0.4, 0.5) is 0 Å². The van der Waals surface area contributed by atoms with E-state index >= 15 is 0 Å². The molecule has 14 heteroatoms. The van der Waals surface area contributed by atoms with Gasteiger partial charge in [0.05, 0.1) is 44.0 Å². The third-order valence-electron chi connectivity index (χ3n) is 8.19. The molecule has 1 aliphatic heterocycles. The molecule has 3 aromatic carbocycles. The molecule has 2 atom stereocenters. The van der Waals surface area contributed by atoms with Gasteiger partial charge in [0.1, 0.15) is 22.4 Å². The van der Waals surface area contributed by atoms with Crippen LogP contribution in [-0.4, -0.2) is 52.1 Å². The first-order valence-corrected chi connectivity index (χ1v) is 16.6. The number of para-hydroxylation sites is 1. The van der Waals surface area contributed by atoms with E-state index in [9.17, 15) is 19.0 Å². The SMILES string of the molecule is Cc1ccc(C(OCc2cn(Cc3ccc(CN=[N+]=[N-])cc3)nn2)C(C)(C)C(=O)O)cc1CN1CC(C)Oc2ccccc2S1(O)O. The Morgan fingerprint density at radius 1 is 1.15 bits per heavy atom. The molecule has 2 heterocycles. The quantitative estimate of drug-likeness (QED) is 0.0809. The second-order valence-electron chi connectivity index (χ2n) is 12.2. The molecule has 0 fully saturated rings. The molecule has 3 N–H and O–H groups in total. The van der Waals surface area contributed by atoms with Gasteiger partial charge in [-0.05, 0) is 73.2 Å². The molecule has 0 bridgehead atoms. The Morgan fingerprint density at radius 2 is 1.87 bits per heavy atom. The van der Waals surface area contributed by atoms with E-state index in [4.69, 9.17) is 15.0 Å². The van der Waals surface area contributed by atoms with E-state index in [2.05, 4.69) is 20.3 Å². The fraction of sp³-hybridized carbons (Fsp3) is 0.364. The number of ether oxygens (including phenoxy) is 2. The minimum absolute atomic E-state index is 0.0218. The summed E-state index contributed by atoms with van der Waals surface area (Å²) in [4.78, 5) is 15.6. The van der Waals surface area contributed by atoms with Crippen LogP contribution in [0.5, 0.6) is 5.75 Å². The molecule has 1 aliphatic rings. The van der Waals surface area contributed by atoms with Crippen molar-refractivity contribution in [3.8, 4) is 5.75 Å². The predicted octanol–water partition coefficient (Wildman–Crippen LogP) is 7.12. The highest BCUT2D eigenvalue weighted by Crippen LogP contribution is 2.57. The fourth-order valence-electron chi connectivity index (χ4n) is 5.46. The monoisotopic (exact) mass is 661 g/mol. The maximum atomic E-state index is 12.5. The van der Waals surface area contributed by atoms with Crippen LogP contribution in [0, 0.1) is 12.3 Å². The average molecular weight is 662 g/mol. The number of benzene rings is 3. The van der Waals surface area contributed by atoms with E-state index in [1.165, 1.54) is 0 Å². The van der Waals surface area contributed by atoms with Crippen molar-refractivity contribution in [1.29, 1.82) is 0 Å². The van der Waals surface area contributed by atoms with Crippen molar-refractivity contribution in [3.05, 3.63) is 117 Å². The van der Waals surface area contributed by atoms with Crippen molar-refractivity contribution >= 4 is 16.7 Å². The first kappa shape index (κ1) is 33.9. The number of carboxylic acids is 1. The van der Waals surface area contributed by atoms with Gasteiger partial charge in [0.15, 0.2) is 0 Å². The first-order valence-electron chi connectivity index (χ1n) is 15.1. The molecule has 2 unspecified atom stereocenters. The molecule has 0 spiro atoms. The molecule has 0 amide bonds. The van der Waals surface area contributed by atoms with E-state index in [1.807, 2.05) is 56.3 Å². The number of nitrogens with zero attached hydrogens (tertiary/aromatic N) is 7. The fourth-order valence-corrected chi connectivity index (χ4v) is 7.12. The van der Waals surface area contributed by atoms with Crippen LogP contribution in [0.15, 0.2) is 82.9 Å². The number of carboxylic acid groups (broad SMARTS) is 1. The summed E-state index contributed by atoms with van der Waals surface area (Å²) in [5.41, 5.74) is 12.0. The third kappa shape index (κ3) is 7.76. The Morgan fingerprint density at radius 3 is 2.60 bits per heavy atom. The molecule has 47 heavy (non-hydrogen) atoms. The Hall–Kier alpha value is -4.43. The lowest BCUT2D eigenvalue weighted by Crippen LogP contribution is -2.34. The predicted molar refractivity (Wildman–Crippen MR) is 177 cm³/mol. The van der Waals surface area contributed by atoms with E-state index in [-0.39, 0.29) is 32.3 Å². The van der Waals surface area contributed by atoms with Crippen LogP contribution in [0.25, 0.3) is 10.4 Å². The van der Waals surface area contributed by atoms with Gasteiger partial charge in [0, 0.05) is 11.5 Å². The maximum absolute atomic E-state index is 12.5. The second-order valence-corrected chi connectivity index (χ2v) is 14.2. The summed E-state index contributed by atoms with van der Waals surface area (Å²) in [7, 11) is -3.37. The number of rotatable bonds is 12. The minimum Gasteiger partial charge on any atom is -0.487 e. The topological polar surface area (TPSA) is 179 Å². The van der Waals surface area contributed by atoms with Gasteiger partial charge in [-0.25, -0.2) is 4.68 Å². The summed E-state index contributed by atoms with van der Waals surface area (Å²) in [6, 6.07) is 20.2. The van der Waals surface area contributed by atoms with Crippen LogP contribution in [0.3, 0.4) is 0 Å². The van der Waals surface area contributed by atoms with Crippen LogP contribution >= 0.6 is 10.8 Å². The molecule has 4 aromatic rings. The van der Waals surface area contributed by atoms with Gasteiger partial charge in [-0.15, -0.1) is 15.9 Å². The normalized spacial score (nSPS) is 17.4. The highest BCUT2D eigenvalue weighted by molar-refractivity contribution is 8.22. The number of carbonyl (C=O) groups is 1. The molecular formula is C33H39N7O6S. The maximum Gasteiger partial charge on any atom is 0.312 e. The van der Waals surface area contributed by atoms with E-state index in [1.54, 1.807) is 53.3 Å². The van der Waals surface area contributed by atoms with Crippen LogP contribution < -0.4 is 4.74 Å².